The second kappa shape index (κ2) is 9.50. The first-order chi connectivity index (χ1) is 14.5. The average molecular weight is 428 g/mol. The molecule has 0 spiro atoms. The molecule has 2 aromatic carbocycles. The summed E-state index contributed by atoms with van der Waals surface area (Å²) in [7, 11) is 4.18. The first kappa shape index (κ1) is 21.5. The summed E-state index contributed by atoms with van der Waals surface area (Å²) in [4.78, 5) is 27.1. The molecule has 2 aromatic rings. The maximum absolute atomic E-state index is 12.7. The zero-order valence-corrected chi connectivity index (χ0v) is 17.7. The van der Waals surface area contributed by atoms with Crippen molar-refractivity contribution in [2.45, 2.75) is 12.5 Å². The second-order valence-corrected chi connectivity index (χ2v) is 7.10. The molecule has 1 aliphatic rings. The number of halogens is 1. The lowest BCUT2D eigenvalue weighted by Crippen LogP contribution is -2.28. The SMILES string of the molecule is COC(=O)C1=CN(Cc2ccc(Cl)cc2)C=C(C(=O)OC)C1c1cccc(OC)c1. The Bertz CT molecular complexity index is 963. The van der Waals surface area contributed by atoms with Crippen molar-refractivity contribution in [2.24, 2.45) is 0 Å². The molecule has 0 N–H and O–H groups in total. The van der Waals surface area contributed by atoms with Crippen LogP contribution < -0.4 is 4.74 Å². The number of esters is 2. The summed E-state index contributed by atoms with van der Waals surface area (Å²) >= 11 is 5.96. The van der Waals surface area contributed by atoms with Crippen molar-refractivity contribution in [2.75, 3.05) is 21.3 Å². The van der Waals surface area contributed by atoms with Crippen molar-refractivity contribution in [1.82, 2.24) is 4.90 Å². The molecule has 0 saturated carbocycles. The molecule has 0 aromatic heterocycles. The van der Waals surface area contributed by atoms with Crippen molar-refractivity contribution in [3.8, 4) is 5.75 Å². The van der Waals surface area contributed by atoms with Crippen LogP contribution in [0.1, 0.15) is 17.0 Å². The Kier molecular flexibility index (Phi) is 6.79. The quantitative estimate of drug-likeness (QED) is 0.648. The van der Waals surface area contributed by atoms with E-state index in [0.29, 0.717) is 34.0 Å². The van der Waals surface area contributed by atoms with Gasteiger partial charge < -0.3 is 19.1 Å². The number of hydrogen-bond acceptors (Lipinski definition) is 6. The molecule has 0 unspecified atom stereocenters. The van der Waals surface area contributed by atoms with Crippen molar-refractivity contribution in [1.29, 1.82) is 0 Å². The van der Waals surface area contributed by atoms with Crippen LogP contribution >= 0.6 is 11.6 Å². The Morgan fingerprint density at radius 2 is 1.53 bits per heavy atom. The Morgan fingerprint density at radius 1 is 0.933 bits per heavy atom. The van der Waals surface area contributed by atoms with E-state index in [-0.39, 0.29) is 0 Å². The third kappa shape index (κ3) is 4.66. The van der Waals surface area contributed by atoms with E-state index in [2.05, 4.69) is 0 Å². The fourth-order valence-electron chi connectivity index (χ4n) is 3.36. The number of benzene rings is 2. The first-order valence-corrected chi connectivity index (χ1v) is 9.58. The van der Waals surface area contributed by atoms with Gasteiger partial charge in [0.2, 0.25) is 0 Å². The summed E-state index contributed by atoms with van der Waals surface area (Å²) in [6.45, 7) is 0.434. The Morgan fingerprint density at radius 3 is 2.07 bits per heavy atom. The van der Waals surface area contributed by atoms with Gasteiger partial charge in [-0.25, -0.2) is 9.59 Å². The van der Waals surface area contributed by atoms with Crippen molar-refractivity contribution < 1.29 is 23.8 Å². The van der Waals surface area contributed by atoms with Crippen LogP contribution in [0.15, 0.2) is 72.1 Å². The van der Waals surface area contributed by atoms with Gasteiger partial charge >= 0.3 is 11.9 Å². The predicted octanol–water partition coefficient (Wildman–Crippen LogP) is 4.06. The maximum Gasteiger partial charge on any atom is 0.336 e. The number of nitrogens with zero attached hydrogens (tertiary/aromatic N) is 1. The summed E-state index contributed by atoms with van der Waals surface area (Å²) in [6, 6.07) is 14.6. The predicted molar refractivity (Wildman–Crippen MR) is 113 cm³/mol. The highest BCUT2D eigenvalue weighted by Gasteiger charge is 2.35. The van der Waals surface area contributed by atoms with Crippen LogP contribution in [-0.2, 0) is 25.6 Å². The average Bonchev–Trinajstić information content (AvgIpc) is 2.78. The minimum atomic E-state index is -0.651. The summed E-state index contributed by atoms with van der Waals surface area (Å²) in [5.74, 6) is -1.09. The topological polar surface area (TPSA) is 65.1 Å². The molecule has 7 heteroatoms. The fraction of sp³-hybridized carbons (Fsp3) is 0.217. The first-order valence-electron chi connectivity index (χ1n) is 9.21. The van der Waals surface area contributed by atoms with E-state index in [1.165, 1.54) is 14.2 Å². The van der Waals surface area contributed by atoms with Crippen molar-refractivity contribution >= 4 is 23.5 Å². The van der Waals surface area contributed by atoms with E-state index >= 15 is 0 Å². The van der Waals surface area contributed by atoms with Crippen LogP contribution in [0.5, 0.6) is 5.75 Å². The molecule has 0 bridgehead atoms. The van der Waals surface area contributed by atoms with E-state index in [4.69, 9.17) is 25.8 Å². The third-order valence-corrected chi connectivity index (χ3v) is 5.03. The Balaban J connectivity index is 2.07. The Labute approximate surface area is 180 Å². The van der Waals surface area contributed by atoms with E-state index < -0.39 is 17.9 Å². The highest BCUT2D eigenvalue weighted by atomic mass is 35.5. The molecule has 0 fully saturated rings. The van der Waals surface area contributed by atoms with Gasteiger partial charge in [-0.1, -0.05) is 35.9 Å². The van der Waals surface area contributed by atoms with Crippen molar-refractivity contribution in [3.05, 3.63) is 88.2 Å². The largest absolute Gasteiger partial charge is 0.497 e. The van der Waals surface area contributed by atoms with Gasteiger partial charge in [0.25, 0.3) is 0 Å². The Hall–Kier alpha value is -3.25. The van der Waals surface area contributed by atoms with Gasteiger partial charge in [-0.05, 0) is 35.4 Å². The van der Waals surface area contributed by atoms with Crippen LogP contribution in [0.4, 0.5) is 0 Å². The van der Waals surface area contributed by atoms with Crippen LogP contribution in [0.3, 0.4) is 0 Å². The minimum absolute atomic E-state index is 0.322. The molecule has 30 heavy (non-hydrogen) atoms. The fourth-order valence-corrected chi connectivity index (χ4v) is 3.49. The highest BCUT2D eigenvalue weighted by molar-refractivity contribution is 6.30. The molecule has 0 amide bonds. The normalized spacial score (nSPS) is 13.9. The van der Waals surface area contributed by atoms with Gasteiger partial charge in [0.1, 0.15) is 5.75 Å². The highest BCUT2D eigenvalue weighted by Crippen LogP contribution is 2.38. The van der Waals surface area contributed by atoms with Gasteiger partial charge in [0.15, 0.2) is 0 Å². The van der Waals surface area contributed by atoms with Gasteiger partial charge in [-0.3, -0.25) is 0 Å². The number of carbonyl (C=O) groups excluding carboxylic acids is 2. The molecule has 0 radical (unpaired) electrons. The number of ether oxygens (including phenoxy) is 3. The summed E-state index contributed by atoms with van der Waals surface area (Å²) in [5, 5.41) is 0.632. The van der Waals surface area contributed by atoms with E-state index in [0.717, 1.165) is 5.56 Å². The number of hydrogen-bond donors (Lipinski definition) is 0. The van der Waals surface area contributed by atoms with Crippen molar-refractivity contribution in [3.63, 3.8) is 0 Å². The monoisotopic (exact) mass is 427 g/mol. The lowest BCUT2D eigenvalue weighted by Gasteiger charge is -2.30. The summed E-state index contributed by atoms with van der Waals surface area (Å²) in [5.41, 5.74) is 2.32. The van der Waals surface area contributed by atoms with Crippen LogP contribution in [0, 0.1) is 0 Å². The molecular weight excluding hydrogens is 406 g/mol. The van der Waals surface area contributed by atoms with Gasteiger partial charge in [0, 0.05) is 24.0 Å². The second-order valence-electron chi connectivity index (χ2n) is 6.66. The molecule has 6 nitrogen and oxygen atoms in total. The van der Waals surface area contributed by atoms with Gasteiger partial charge in [0.05, 0.1) is 38.4 Å². The smallest absolute Gasteiger partial charge is 0.336 e. The molecule has 1 heterocycles. The van der Waals surface area contributed by atoms with E-state index in [1.54, 1.807) is 54.7 Å². The van der Waals surface area contributed by atoms with Crippen LogP contribution in [0.2, 0.25) is 5.02 Å². The zero-order chi connectivity index (χ0) is 21.7. The summed E-state index contributed by atoms with van der Waals surface area (Å²) in [6.07, 6.45) is 3.38. The maximum atomic E-state index is 12.7. The molecule has 156 valence electrons. The van der Waals surface area contributed by atoms with E-state index in [1.807, 2.05) is 18.2 Å². The third-order valence-electron chi connectivity index (χ3n) is 4.78. The lowest BCUT2D eigenvalue weighted by atomic mass is 9.83. The standard InChI is InChI=1S/C23H22ClNO5/c1-28-18-6-4-5-16(11-18)21-19(22(26)29-2)13-25(14-20(21)23(27)30-3)12-15-7-9-17(24)10-8-15/h4-11,13-14,21H,12H2,1-3H3. The van der Waals surface area contributed by atoms with E-state index in [9.17, 15) is 9.59 Å². The van der Waals surface area contributed by atoms with Crippen LogP contribution in [0.25, 0.3) is 0 Å². The van der Waals surface area contributed by atoms with Gasteiger partial charge in [-0.15, -0.1) is 0 Å². The molecular formula is C23H22ClNO5. The lowest BCUT2D eigenvalue weighted by molar-refractivity contribution is -0.137. The molecule has 3 rings (SSSR count). The molecule has 0 aliphatic carbocycles. The van der Waals surface area contributed by atoms with Gasteiger partial charge in [-0.2, -0.15) is 0 Å². The number of rotatable bonds is 6. The summed E-state index contributed by atoms with van der Waals surface area (Å²) < 4.78 is 15.3. The number of methoxy groups -OCH3 is 3. The van der Waals surface area contributed by atoms with Crippen LogP contribution in [-0.4, -0.2) is 38.2 Å². The molecule has 0 atom stereocenters. The number of carbonyl (C=O) groups is 2. The zero-order valence-electron chi connectivity index (χ0n) is 16.9. The minimum Gasteiger partial charge on any atom is -0.497 e. The molecule has 0 saturated heterocycles. The molecule has 1 aliphatic heterocycles.